The zero-order chi connectivity index (χ0) is 6.41. The van der Waals surface area contributed by atoms with Gasteiger partial charge >= 0.3 is 0 Å². The smallest absolute Gasteiger partial charge is 0.207 e. The first-order valence-electron chi connectivity index (χ1n) is 2.41. The van der Waals surface area contributed by atoms with Crippen molar-refractivity contribution in [2.75, 3.05) is 7.11 Å². The Hall–Kier alpha value is -0.680. The second kappa shape index (κ2) is 4.48. The molecule has 0 N–H and O–H groups in total. The highest BCUT2D eigenvalue weighted by Crippen LogP contribution is 1.86. The summed E-state index contributed by atoms with van der Waals surface area (Å²) in [5, 5.41) is 0. The van der Waals surface area contributed by atoms with Gasteiger partial charge in [-0.2, -0.15) is 0 Å². The Morgan fingerprint density at radius 1 is 1.50 bits per heavy atom. The van der Waals surface area contributed by atoms with Gasteiger partial charge in [0.15, 0.2) is 0 Å². The van der Waals surface area contributed by atoms with Gasteiger partial charge in [-0.25, -0.2) is 0 Å². The van der Waals surface area contributed by atoms with Gasteiger partial charge in [-0.05, 0) is 6.92 Å². The SMILES string of the molecule is CC#COC(C)OC. The van der Waals surface area contributed by atoms with Gasteiger partial charge in [0, 0.05) is 14.0 Å². The van der Waals surface area contributed by atoms with Crippen molar-refractivity contribution in [2.24, 2.45) is 0 Å². The number of methoxy groups -OCH3 is 1. The quantitative estimate of drug-likeness (QED) is 0.393. The van der Waals surface area contributed by atoms with Crippen LogP contribution in [0.4, 0.5) is 0 Å². The first-order valence-corrected chi connectivity index (χ1v) is 2.41. The van der Waals surface area contributed by atoms with E-state index in [4.69, 9.17) is 9.47 Å². The molecule has 0 fully saturated rings. The molecule has 0 heterocycles. The molecule has 1 atom stereocenters. The fourth-order valence-electron chi connectivity index (χ4n) is 0.190. The molecule has 0 aliphatic carbocycles. The molecule has 0 aromatic rings. The van der Waals surface area contributed by atoms with Crippen LogP contribution in [-0.4, -0.2) is 13.4 Å². The molecule has 1 unspecified atom stereocenters. The van der Waals surface area contributed by atoms with Gasteiger partial charge in [0.25, 0.3) is 0 Å². The predicted octanol–water partition coefficient (Wildman–Crippen LogP) is 0.976. The summed E-state index contributed by atoms with van der Waals surface area (Å²) in [6.07, 6.45) is 2.20. The van der Waals surface area contributed by atoms with Crippen molar-refractivity contribution in [3.8, 4) is 12.0 Å². The van der Waals surface area contributed by atoms with Crippen molar-refractivity contribution >= 4 is 0 Å². The normalized spacial score (nSPS) is 11.4. The largest absolute Gasteiger partial charge is 0.415 e. The van der Waals surface area contributed by atoms with Gasteiger partial charge in [0.1, 0.15) is 6.11 Å². The van der Waals surface area contributed by atoms with Crippen LogP contribution in [0.15, 0.2) is 0 Å². The van der Waals surface area contributed by atoms with Crippen molar-refractivity contribution in [3.63, 3.8) is 0 Å². The lowest BCUT2D eigenvalue weighted by atomic mass is 10.7. The van der Waals surface area contributed by atoms with E-state index in [1.165, 1.54) is 0 Å². The minimum atomic E-state index is -0.220. The van der Waals surface area contributed by atoms with Crippen LogP contribution < -0.4 is 0 Å². The minimum Gasteiger partial charge on any atom is -0.415 e. The van der Waals surface area contributed by atoms with Crippen molar-refractivity contribution in [1.82, 2.24) is 0 Å². The van der Waals surface area contributed by atoms with Crippen LogP contribution in [0.25, 0.3) is 0 Å². The monoisotopic (exact) mass is 114 g/mol. The second-order valence-corrected chi connectivity index (χ2v) is 1.27. The maximum atomic E-state index is 4.76. The van der Waals surface area contributed by atoms with E-state index in [9.17, 15) is 0 Å². The molecule has 0 saturated heterocycles. The third-order valence-corrected chi connectivity index (χ3v) is 0.659. The molecule has 0 aliphatic rings. The first-order chi connectivity index (χ1) is 3.81. The summed E-state index contributed by atoms with van der Waals surface area (Å²) in [5.74, 6) is 2.58. The van der Waals surface area contributed by atoms with Gasteiger partial charge in [0.05, 0.1) is 0 Å². The summed E-state index contributed by atoms with van der Waals surface area (Å²) in [4.78, 5) is 0. The number of hydrogen-bond donors (Lipinski definition) is 0. The molecule has 46 valence electrons. The molecule has 2 heteroatoms. The number of hydrogen-bond acceptors (Lipinski definition) is 2. The van der Waals surface area contributed by atoms with Crippen molar-refractivity contribution < 1.29 is 9.47 Å². The van der Waals surface area contributed by atoms with E-state index in [0.29, 0.717) is 0 Å². The Morgan fingerprint density at radius 3 is 2.50 bits per heavy atom. The Bertz CT molecular complexity index is 98.8. The van der Waals surface area contributed by atoms with Crippen molar-refractivity contribution in [3.05, 3.63) is 0 Å². The fourth-order valence-corrected chi connectivity index (χ4v) is 0.190. The molecule has 0 rings (SSSR count). The average molecular weight is 114 g/mol. The standard InChI is InChI=1S/C6H10O2/c1-4-5-8-6(2)7-3/h6H,1-3H3. The average Bonchev–Trinajstić information content (AvgIpc) is 1.83. The number of rotatable bonds is 2. The van der Waals surface area contributed by atoms with E-state index in [0.717, 1.165) is 0 Å². The molecule has 0 amide bonds. The summed E-state index contributed by atoms with van der Waals surface area (Å²) < 4.78 is 9.48. The summed E-state index contributed by atoms with van der Waals surface area (Å²) >= 11 is 0. The van der Waals surface area contributed by atoms with Crippen molar-refractivity contribution in [2.45, 2.75) is 20.1 Å². The molecule has 0 spiro atoms. The zero-order valence-corrected chi connectivity index (χ0v) is 5.39. The molecule has 0 aromatic heterocycles. The molecular formula is C6H10O2. The van der Waals surface area contributed by atoms with Crippen LogP contribution in [-0.2, 0) is 9.47 Å². The number of ether oxygens (including phenoxy) is 2. The van der Waals surface area contributed by atoms with E-state index in [-0.39, 0.29) is 6.29 Å². The topological polar surface area (TPSA) is 18.5 Å². The van der Waals surface area contributed by atoms with Crippen LogP contribution >= 0.6 is 0 Å². The van der Waals surface area contributed by atoms with Gasteiger partial charge in [0.2, 0.25) is 6.29 Å². The lowest BCUT2D eigenvalue weighted by molar-refractivity contribution is -0.0579. The Balaban J connectivity index is 3.19. The van der Waals surface area contributed by atoms with E-state index in [1.807, 2.05) is 0 Å². The van der Waals surface area contributed by atoms with Gasteiger partial charge in [-0.15, -0.1) is 0 Å². The van der Waals surface area contributed by atoms with Crippen molar-refractivity contribution in [1.29, 1.82) is 0 Å². The highest BCUT2D eigenvalue weighted by Gasteiger charge is 1.91. The Labute approximate surface area is 49.8 Å². The maximum absolute atomic E-state index is 4.76. The Morgan fingerprint density at radius 2 is 2.12 bits per heavy atom. The lowest BCUT2D eigenvalue weighted by Gasteiger charge is -2.03. The predicted molar refractivity (Wildman–Crippen MR) is 31.0 cm³/mol. The molecule has 0 bridgehead atoms. The zero-order valence-electron chi connectivity index (χ0n) is 5.39. The third-order valence-electron chi connectivity index (χ3n) is 0.659. The van der Waals surface area contributed by atoms with E-state index in [1.54, 1.807) is 21.0 Å². The molecule has 0 aliphatic heterocycles. The highest BCUT2D eigenvalue weighted by molar-refractivity contribution is 4.85. The fraction of sp³-hybridized carbons (Fsp3) is 0.667. The van der Waals surface area contributed by atoms with Gasteiger partial charge in [-0.3, -0.25) is 0 Å². The summed E-state index contributed by atoms with van der Waals surface area (Å²) in [6.45, 7) is 3.49. The van der Waals surface area contributed by atoms with Crippen LogP contribution in [0.1, 0.15) is 13.8 Å². The van der Waals surface area contributed by atoms with Crippen LogP contribution in [0.5, 0.6) is 0 Å². The minimum absolute atomic E-state index is 0.220. The van der Waals surface area contributed by atoms with Gasteiger partial charge < -0.3 is 9.47 Å². The first kappa shape index (κ1) is 7.32. The van der Waals surface area contributed by atoms with Crippen LogP contribution in [0.3, 0.4) is 0 Å². The van der Waals surface area contributed by atoms with E-state index < -0.39 is 0 Å². The van der Waals surface area contributed by atoms with E-state index in [2.05, 4.69) is 12.0 Å². The Kier molecular flexibility index (Phi) is 4.10. The molecule has 0 aromatic carbocycles. The molecule has 0 saturated carbocycles. The maximum Gasteiger partial charge on any atom is 0.207 e. The molecule has 8 heavy (non-hydrogen) atoms. The molecular weight excluding hydrogens is 104 g/mol. The lowest BCUT2D eigenvalue weighted by Crippen LogP contribution is -2.05. The highest BCUT2D eigenvalue weighted by atomic mass is 16.7. The molecule has 2 nitrogen and oxygen atoms in total. The van der Waals surface area contributed by atoms with Crippen LogP contribution in [0.2, 0.25) is 0 Å². The van der Waals surface area contributed by atoms with Crippen LogP contribution in [0, 0.1) is 12.0 Å². The summed E-state index contributed by atoms with van der Waals surface area (Å²) in [5.41, 5.74) is 0. The second-order valence-electron chi connectivity index (χ2n) is 1.27. The summed E-state index contributed by atoms with van der Waals surface area (Å²) in [6, 6.07) is 0. The third kappa shape index (κ3) is 3.51. The molecule has 0 radical (unpaired) electrons. The van der Waals surface area contributed by atoms with E-state index >= 15 is 0 Å². The summed E-state index contributed by atoms with van der Waals surface area (Å²) in [7, 11) is 1.57. The van der Waals surface area contributed by atoms with Gasteiger partial charge in [-0.1, -0.05) is 5.92 Å².